The summed E-state index contributed by atoms with van der Waals surface area (Å²) in [6.07, 6.45) is 2.48. The zero-order chi connectivity index (χ0) is 13.0. The van der Waals surface area contributed by atoms with Gasteiger partial charge in [0, 0.05) is 11.2 Å². The molecule has 1 heterocycles. The maximum atomic E-state index is 11.8. The Hall–Kier alpha value is -2.01. The molecule has 1 atom stereocenters. The van der Waals surface area contributed by atoms with Gasteiger partial charge in [0.2, 0.25) is 0 Å². The Morgan fingerprint density at radius 1 is 1.56 bits per heavy atom. The summed E-state index contributed by atoms with van der Waals surface area (Å²) in [4.78, 5) is 11.8. The molecule has 1 amide bonds. The average Bonchev–Trinajstić information content (AvgIpc) is 2.81. The molecule has 1 aromatic heterocycles. The molecule has 0 saturated carbocycles. The second kappa shape index (κ2) is 5.55. The van der Waals surface area contributed by atoms with E-state index in [1.165, 1.54) is 6.20 Å². The quantitative estimate of drug-likeness (QED) is 0.892. The fraction of sp³-hybridized carbons (Fsp3) is 0.167. The summed E-state index contributed by atoms with van der Waals surface area (Å²) < 4.78 is 5.48. The van der Waals surface area contributed by atoms with Gasteiger partial charge < -0.3 is 10.1 Å². The maximum Gasteiger partial charge on any atom is 0.265 e. The van der Waals surface area contributed by atoms with E-state index < -0.39 is 6.10 Å². The van der Waals surface area contributed by atoms with Crippen LogP contribution < -0.4 is 10.1 Å². The molecule has 0 saturated heterocycles. The fourth-order valence-electron chi connectivity index (χ4n) is 1.36. The molecule has 0 radical (unpaired) electrons. The summed E-state index contributed by atoms with van der Waals surface area (Å²) in [5, 5.41) is 9.57. The number of hydrogen-bond acceptors (Lipinski definition) is 3. The first-order valence-electron chi connectivity index (χ1n) is 5.37. The molecule has 2 aromatic rings. The topological polar surface area (TPSA) is 67.0 Å². The molecule has 0 bridgehead atoms. The highest BCUT2D eigenvalue weighted by atomic mass is 35.5. The van der Waals surface area contributed by atoms with Crippen LogP contribution in [0.15, 0.2) is 36.7 Å². The second-order valence-corrected chi connectivity index (χ2v) is 4.13. The van der Waals surface area contributed by atoms with Crippen LogP contribution in [0.3, 0.4) is 0 Å². The van der Waals surface area contributed by atoms with Gasteiger partial charge in [-0.25, -0.2) is 0 Å². The number of ether oxygens (including phenoxy) is 1. The minimum atomic E-state index is -0.627. The van der Waals surface area contributed by atoms with E-state index in [4.69, 9.17) is 16.3 Å². The first-order chi connectivity index (χ1) is 8.65. The van der Waals surface area contributed by atoms with Crippen molar-refractivity contribution >= 4 is 23.2 Å². The Morgan fingerprint density at radius 3 is 3.06 bits per heavy atom. The number of carbonyl (C=O) groups excluding carboxylic acids is 1. The van der Waals surface area contributed by atoms with E-state index >= 15 is 0 Å². The number of H-pyrrole nitrogens is 1. The highest BCUT2D eigenvalue weighted by Gasteiger charge is 2.15. The third kappa shape index (κ3) is 3.24. The standard InChI is InChI=1S/C12H12ClN3O2/c1-8(12(17)16-10-6-14-15-7-10)18-11-4-2-3-9(13)5-11/h2-8H,1H3,(H,14,15)(H,16,17). The number of anilines is 1. The molecule has 2 rings (SSSR count). The number of hydrogen-bond donors (Lipinski definition) is 2. The molecular weight excluding hydrogens is 254 g/mol. The molecule has 2 N–H and O–H groups in total. The summed E-state index contributed by atoms with van der Waals surface area (Å²) in [6, 6.07) is 6.90. The molecule has 18 heavy (non-hydrogen) atoms. The van der Waals surface area contributed by atoms with Gasteiger partial charge >= 0.3 is 0 Å². The Morgan fingerprint density at radius 2 is 2.39 bits per heavy atom. The predicted molar refractivity (Wildman–Crippen MR) is 68.8 cm³/mol. The van der Waals surface area contributed by atoms with Gasteiger partial charge in [-0.1, -0.05) is 17.7 Å². The summed E-state index contributed by atoms with van der Waals surface area (Å²) in [6.45, 7) is 1.66. The minimum Gasteiger partial charge on any atom is -0.481 e. The van der Waals surface area contributed by atoms with Crippen molar-refractivity contribution in [2.45, 2.75) is 13.0 Å². The number of nitrogens with one attached hydrogen (secondary N) is 2. The van der Waals surface area contributed by atoms with Gasteiger partial charge in [-0.05, 0) is 25.1 Å². The molecule has 0 aliphatic carbocycles. The number of aromatic amines is 1. The molecule has 0 spiro atoms. The van der Waals surface area contributed by atoms with Gasteiger partial charge in [0.15, 0.2) is 6.10 Å². The molecule has 1 aromatic carbocycles. The van der Waals surface area contributed by atoms with E-state index in [1.54, 1.807) is 37.4 Å². The third-order valence-corrected chi connectivity index (χ3v) is 2.48. The smallest absolute Gasteiger partial charge is 0.265 e. The molecule has 6 heteroatoms. The molecule has 0 aliphatic heterocycles. The number of halogens is 1. The number of rotatable bonds is 4. The lowest BCUT2D eigenvalue weighted by Crippen LogP contribution is -2.29. The minimum absolute atomic E-state index is 0.253. The van der Waals surface area contributed by atoms with Crippen LogP contribution in [0.25, 0.3) is 0 Å². The van der Waals surface area contributed by atoms with Crippen molar-refractivity contribution in [1.82, 2.24) is 10.2 Å². The summed E-state index contributed by atoms with van der Waals surface area (Å²) in [5.41, 5.74) is 0.599. The first kappa shape index (κ1) is 12.4. The van der Waals surface area contributed by atoms with Gasteiger partial charge in [0.05, 0.1) is 11.9 Å². The van der Waals surface area contributed by atoms with Crippen LogP contribution in [0.2, 0.25) is 5.02 Å². The van der Waals surface area contributed by atoms with Crippen molar-refractivity contribution in [1.29, 1.82) is 0 Å². The van der Waals surface area contributed by atoms with Crippen molar-refractivity contribution in [2.75, 3.05) is 5.32 Å². The lowest BCUT2D eigenvalue weighted by atomic mass is 10.3. The molecule has 1 unspecified atom stereocenters. The fourth-order valence-corrected chi connectivity index (χ4v) is 1.54. The number of carbonyl (C=O) groups is 1. The van der Waals surface area contributed by atoms with Gasteiger partial charge in [0.1, 0.15) is 5.75 Å². The van der Waals surface area contributed by atoms with Crippen LogP contribution >= 0.6 is 11.6 Å². The van der Waals surface area contributed by atoms with E-state index in [1.807, 2.05) is 0 Å². The highest BCUT2D eigenvalue weighted by Crippen LogP contribution is 2.18. The Kier molecular flexibility index (Phi) is 3.84. The lowest BCUT2D eigenvalue weighted by Gasteiger charge is -2.14. The summed E-state index contributed by atoms with van der Waals surface area (Å²) >= 11 is 5.83. The van der Waals surface area contributed by atoms with Crippen molar-refractivity contribution in [3.05, 3.63) is 41.7 Å². The lowest BCUT2D eigenvalue weighted by molar-refractivity contribution is -0.122. The van der Waals surface area contributed by atoms with E-state index in [-0.39, 0.29) is 5.91 Å². The van der Waals surface area contributed by atoms with Crippen LogP contribution in [0.4, 0.5) is 5.69 Å². The normalized spacial score (nSPS) is 11.9. The van der Waals surface area contributed by atoms with Crippen LogP contribution in [0, 0.1) is 0 Å². The van der Waals surface area contributed by atoms with Crippen LogP contribution in [0.1, 0.15) is 6.92 Å². The largest absolute Gasteiger partial charge is 0.481 e. The van der Waals surface area contributed by atoms with Gasteiger partial charge in [-0.2, -0.15) is 5.10 Å². The van der Waals surface area contributed by atoms with Gasteiger partial charge in [-0.15, -0.1) is 0 Å². The van der Waals surface area contributed by atoms with E-state index in [0.717, 1.165) is 0 Å². The first-order valence-corrected chi connectivity index (χ1v) is 5.75. The number of aromatic nitrogens is 2. The third-order valence-electron chi connectivity index (χ3n) is 2.24. The monoisotopic (exact) mass is 265 g/mol. The molecule has 5 nitrogen and oxygen atoms in total. The van der Waals surface area contributed by atoms with Gasteiger partial charge in [0.25, 0.3) is 5.91 Å². The second-order valence-electron chi connectivity index (χ2n) is 3.69. The van der Waals surface area contributed by atoms with Crippen molar-refractivity contribution in [3.8, 4) is 5.75 Å². The molecule has 0 fully saturated rings. The zero-order valence-corrected chi connectivity index (χ0v) is 10.4. The molecule has 94 valence electrons. The highest BCUT2D eigenvalue weighted by molar-refractivity contribution is 6.30. The summed E-state index contributed by atoms with van der Waals surface area (Å²) in [5.74, 6) is 0.300. The van der Waals surface area contributed by atoms with Crippen molar-refractivity contribution in [2.24, 2.45) is 0 Å². The van der Waals surface area contributed by atoms with E-state index in [9.17, 15) is 4.79 Å². The van der Waals surface area contributed by atoms with Crippen LogP contribution in [-0.4, -0.2) is 22.2 Å². The van der Waals surface area contributed by atoms with Gasteiger partial charge in [-0.3, -0.25) is 9.89 Å². The van der Waals surface area contributed by atoms with Crippen LogP contribution in [0.5, 0.6) is 5.75 Å². The van der Waals surface area contributed by atoms with Crippen molar-refractivity contribution in [3.63, 3.8) is 0 Å². The van der Waals surface area contributed by atoms with E-state index in [0.29, 0.717) is 16.5 Å². The summed E-state index contributed by atoms with van der Waals surface area (Å²) in [7, 11) is 0. The zero-order valence-electron chi connectivity index (χ0n) is 9.68. The van der Waals surface area contributed by atoms with E-state index in [2.05, 4.69) is 15.5 Å². The number of amides is 1. The maximum absolute atomic E-state index is 11.8. The van der Waals surface area contributed by atoms with Crippen LogP contribution in [-0.2, 0) is 4.79 Å². The Labute approximate surface area is 109 Å². The number of nitrogens with zero attached hydrogens (tertiary/aromatic N) is 1. The Bertz CT molecular complexity index is 528. The molecule has 0 aliphatic rings. The predicted octanol–water partition coefficient (Wildman–Crippen LogP) is 2.47. The van der Waals surface area contributed by atoms with Crippen molar-refractivity contribution < 1.29 is 9.53 Å². The SMILES string of the molecule is CC(Oc1cccc(Cl)c1)C(=O)Nc1cn[nH]c1. The Balaban J connectivity index is 1.95. The molecular formula is C12H12ClN3O2. The number of benzene rings is 1. The average molecular weight is 266 g/mol.